The summed E-state index contributed by atoms with van der Waals surface area (Å²) >= 11 is 0. The van der Waals surface area contributed by atoms with Gasteiger partial charge in [0.2, 0.25) is 0 Å². The predicted octanol–water partition coefficient (Wildman–Crippen LogP) is 3.86. The third-order valence-electron chi connectivity index (χ3n) is 3.34. The fraction of sp³-hybridized carbons (Fsp3) is 0.0870. The topological polar surface area (TPSA) is 35.5 Å². The van der Waals surface area contributed by atoms with Crippen molar-refractivity contribution in [2.24, 2.45) is 0 Å². The molecule has 0 bridgehead atoms. The second-order valence-electron chi connectivity index (χ2n) is 5.06. The molecule has 3 heteroatoms. The molecule has 0 N–H and O–H groups in total. The van der Waals surface area contributed by atoms with Crippen LogP contribution in [0.2, 0.25) is 0 Å². The van der Waals surface area contributed by atoms with Crippen molar-refractivity contribution in [1.29, 1.82) is 0 Å². The number of hydrogen-bond acceptors (Lipinski definition) is 3. The van der Waals surface area contributed by atoms with E-state index in [1.165, 1.54) is 13.2 Å². The standard InChI is InChI=1S/C23H18O3/c1-25-22-17-15-19(16-18-22)9-6-7-12-21(13-8-14-23(24)26-2)20-10-4-3-5-11-20/h3-5,8,10-11,13-18H,1-2H3/b14-8-,21-13+. The first-order valence-corrected chi connectivity index (χ1v) is 7.90. The monoisotopic (exact) mass is 342 g/mol. The van der Waals surface area contributed by atoms with Gasteiger partial charge in [0, 0.05) is 17.2 Å². The molecule has 0 aliphatic rings. The van der Waals surface area contributed by atoms with Gasteiger partial charge in [0.05, 0.1) is 14.2 Å². The SMILES string of the molecule is COC(=O)/C=C\C=C(/C#CC#Cc1ccc(OC)cc1)c1ccccc1. The van der Waals surface area contributed by atoms with E-state index in [0.717, 1.165) is 22.4 Å². The van der Waals surface area contributed by atoms with Crippen LogP contribution in [-0.2, 0) is 9.53 Å². The van der Waals surface area contributed by atoms with Gasteiger partial charge in [0.15, 0.2) is 0 Å². The maximum absolute atomic E-state index is 11.2. The van der Waals surface area contributed by atoms with Crippen LogP contribution in [0.4, 0.5) is 0 Å². The van der Waals surface area contributed by atoms with Crippen molar-refractivity contribution in [2.75, 3.05) is 14.2 Å². The van der Waals surface area contributed by atoms with Crippen molar-refractivity contribution in [3.05, 3.63) is 84.0 Å². The molecule has 0 heterocycles. The van der Waals surface area contributed by atoms with Gasteiger partial charge >= 0.3 is 5.97 Å². The number of hydrogen-bond donors (Lipinski definition) is 0. The molecule has 0 saturated heterocycles. The van der Waals surface area contributed by atoms with Crippen molar-refractivity contribution in [1.82, 2.24) is 0 Å². The van der Waals surface area contributed by atoms with Crippen molar-refractivity contribution >= 4 is 11.5 Å². The molecule has 3 nitrogen and oxygen atoms in total. The summed E-state index contributed by atoms with van der Waals surface area (Å²) in [4.78, 5) is 11.2. The molecule has 0 atom stereocenters. The summed E-state index contributed by atoms with van der Waals surface area (Å²) in [5.74, 6) is 12.1. The minimum atomic E-state index is -0.416. The molecule has 0 saturated carbocycles. The van der Waals surface area contributed by atoms with Crippen LogP contribution in [0.25, 0.3) is 5.57 Å². The van der Waals surface area contributed by atoms with E-state index in [-0.39, 0.29) is 0 Å². The van der Waals surface area contributed by atoms with Crippen LogP contribution in [-0.4, -0.2) is 20.2 Å². The van der Waals surface area contributed by atoms with Gasteiger partial charge in [-0.2, -0.15) is 0 Å². The number of allylic oxidation sites excluding steroid dienone is 3. The Kier molecular flexibility index (Phi) is 7.34. The van der Waals surface area contributed by atoms with E-state index in [9.17, 15) is 4.79 Å². The second kappa shape index (κ2) is 10.2. The Morgan fingerprint density at radius 2 is 1.69 bits per heavy atom. The lowest BCUT2D eigenvalue weighted by atomic mass is 10.1. The van der Waals surface area contributed by atoms with E-state index in [0.29, 0.717) is 0 Å². The van der Waals surface area contributed by atoms with Crippen LogP contribution in [0.3, 0.4) is 0 Å². The lowest BCUT2D eigenvalue weighted by molar-refractivity contribution is -0.134. The van der Waals surface area contributed by atoms with Crippen LogP contribution < -0.4 is 4.74 Å². The highest BCUT2D eigenvalue weighted by atomic mass is 16.5. The first-order chi connectivity index (χ1) is 12.7. The van der Waals surface area contributed by atoms with Crippen LogP contribution >= 0.6 is 0 Å². The van der Waals surface area contributed by atoms with Crippen molar-refractivity contribution < 1.29 is 14.3 Å². The molecular weight excluding hydrogens is 324 g/mol. The maximum Gasteiger partial charge on any atom is 0.330 e. The number of carbonyl (C=O) groups excluding carboxylic acids is 1. The minimum Gasteiger partial charge on any atom is -0.497 e. The molecule has 0 fully saturated rings. The van der Waals surface area contributed by atoms with Crippen molar-refractivity contribution in [3.8, 4) is 29.4 Å². The quantitative estimate of drug-likeness (QED) is 0.366. The zero-order valence-corrected chi connectivity index (χ0v) is 14.7. The largest absolute Gasteiger partial charge is 0.497 e. The smallest absolute Gasteiger partial charge is 0.330 e. The van der Waals surface area contributed by atoms with Gasteiger partial charge in [-0.1, -0.05) is 48.2 Å². The number of rotatable bonds is 4. The van der Waals surface area contributed by atoms with Crippen LogP contribution in [0, 0.1) is 23.7 Å². The van der Waals surface area contributed by atoms with E-state index in [4.69, 9.17) is 4.74 Å². The van der Waals surface area contributed by atoms with E-state index < -0.39 is 5.97 Å². The number of esters is 1. The molecular formula is C23H18O3. The van der Waals surface area contributed by atoms with Gasteiger partial charge in [-0.15, -0.1) is 0 Å². The highest BCUT2D eigenvalue weighted by Gasteiger charge is 1.96. The molecule has 2 rings (SSSR count). The van der Waals surface area contributed by atoms with Gasteiger partial charge in [-0.3, -0.25) is 0 Å². The third-order valence-corrected chi connectivity index (χ3v) is 3.34. The molecule has 2 aromatic carbocycles. The summed E-state index contributed by atoms with van der Waals surface area (Å²) in [5.41, 5.74) is 2.56. The molecule has 128 valence electrons. The average molecular weight is 342 g/mol. The highest BCUT2D eigenvalue weighted by Crippen LogP contribution is 2.13. The zero-order chi connectivity index (χ0) is 18.6. The summed E-state index contributed by atoms with van der Waals surface area (Å²) < 4.78 is 9.69. The van der Waals surface area contributed by atoms with E-state index in [1.807, 2.05) is 54.6 Å². The molecule has 0 aromatic heterocycles. The zero-order valence-electron chi connectivity index (χ0n) is 14.7. The minimum absolute atomic E-state index is 0.416. The van der Waals surface area contributed by atoms with Crippen LogP contribution in [0.1, 0.15) is 11.1 Å². The first kappa shape index (κ1) is 18.6. The fourth-order valence-electron chi connectivity index (χ4n) is 2.00. The van der Waals surface area contributed by atoms with Gasteiger partial charge in [-0.05, 0) is 47.7 Å². The summed E-state index contributed by atoms with van der Waals surface area (Å²) in [6.07, 6.45) is 4.71. The van der Waals surface area contributed by atoms with E-state index in [1.54, 1.807) is 19.3 Å². The van der Waals surface area contributed by atoms with Crippen LogP contribution in [0.15, 0.2) is 72.8 Å². The number of ether oxygens (including phenoxy) is 2. The maximum atomic E-state index is 11.2. The summed E-state index contributed by atoms with van der Waals surface area (Å²) in [6.45, 7) is 0. The summed E-state index contributed by atoms with van der Waals surface area (Å²) in [5, 5.41) is 0. The molecule has 0 spiro atoms. The Labute approximate surface area is 154 Å². The Morgan fingerprint density at radius 1 is 0.962 bits per heavy atom. The predicted molar refractivity (Wildman–Crippen MR) is 103 cm³/mol. The van der Waals surface area contributed by atoms with Crippen molar-refractivity contribution in [2.45, 2.75) is 0 Å². The number of carbonyl (C=O) groups is 1. The summed E-state index contributed by atoms with van der Waals surface area (Å²) in [7, 11) is 2.96. The average Bonchev–Trinajstić information content (AvgIpc) is 2.70. The van der Waals surface area contributed by atoms with Crippen molar-refractivity contribution in [3.63, 3.8) is 0 Å². The molecule has 0 unspecified atom stereocenters. The Bertz CT molecular complexity index is 913. The summed E-state index contributed by atoms with van der Waals surface area (Å²) in [6, 6.07) is 17.1. The lowest BCUT2D eigenvalue weighted by Crippen LogP contribution is -1.92. The first-order valence-electron chi connectivity index (χ1n) is 7.90. The molecule has 0 aliphatic carbocycles. The van der Waals surface area contributed by atoms with Gasteiger partial charge in [0.25, 0.3) is 0 Å². The Hall–Kier alpha value is -3.69. The number of methoxy groups -OCH3 is 2. The molecule has 0 aliphatic heterocycles. The molecule has 0 radical (unpaired) electrons. The second-order valence-corrected chi connectivity index (χ2v) is 5.06. The molecule has 2 aromatic rings. The lowest BCUT2D eigenvalue weighted by Gasteiger charge is -1.98. The van der Waals surface area contributed by atoms with E-state index in [2.05, 4.69) is 28.4 Å². The molecule has 0 amide bonds. The Balaban J connectivity index is 2.21. The molecule has 26 heavy (non-hydrogen) atoms. The third kappa shape index (κ3) is 6.07. The van der Waals surface area contributed by atoms with Gasteiger partial charge in [-0.25, -0.2) is 4.79 Å². The van der Waals surface area contributed by atoms with Gasteiger partial charge in [0.1, 0.15) is 5.75 Å². The normalized spacial score (nSPS) is 10.3. The van der Waals surface area contributed by atoms with Gasteiger partial charge < -0.3 is 9.47 Å². The fourth-order valence-corrected chi connectivity index (χ4v) is 2.00. The Morgan fingerprint density at radius 3 is 2.35 bits per heavy atom. The van der Waals surface area contributed by atoms with E-state index >= 15 is 0 Å². The number of benzene rings is 2. The van der Waals surface area contributed by atoms with Crippen LogP contribution in [0.5, 0.6) is 5.75 Å². The highest BCUT2D eigenvalue weighted by molar-refractivity contribution is 5.84.